The number of rotatable bonds is 11. The number of amides is 2. The predicted molar refractivity (Wildman–Crippen MR) is 160 cm³/mol. The molecule has 1 aliphatic rings. The van der Waals surface area contributed by atoms with Crippen molar-refractivity contribution in [1.29, 1.82) is 0 Å². The smallest absolute Gasteiger partial charge is 0.244 e. The number of carbonyl (C=O) groups is 2. The Morgan fingerprint density at radius 2 is 1.56 bits per heavy atom. The summed E-state index contributed by atoms with van der Waals surface area (Å²) in [6.45, 7) is -0.493. The quantitative estimate of drug-likeness (QED) is 0.323. The molecule has 7 nitrogen and oxygen atoms in total. The van der Waals surface area contributed by atoms with Gasteiger partial charge in [-0.15, -0.1) is 0 Å². The molecule has 0 heterocycles. The van der Waals surface area contributed by atoms with Crippen molar-refractivity contribution < 1.29 is 22.4 Å². The van der Waals surface area contributed by atoms with Crippen molar-refractivity contribution in [3.8, 4) is 0 Å². The minimum absolute atomic E-state index is 0.0220. The first-order chi connectivity index (χ1) is 19.6. The minimum Gasteiger partial charge on any atom is -0.352 e. The molecule has 0 spiro atoms. The molecule has 0 unspecified atom stereocenters. The Morgan fingerprint density at radius 3 is 2.17 bits per heavy atom. The average Bonchev–Trinajstić information content (AvgIpc) is 2.95. The van der Waals surface area contributed by atoms with Crippen LogP contribution in [0.15, 0.2) is 78.9 Å². The van der Waals surface area contributed by atoms with Gasteiger partial charge < -0.3 is 10.2 Å². The van der Waals surface area contributed by atoms with Crippen LogP contribution in [-0.2, 0) is 32.6 Å². The summed E-state index contributed by atoms with van der Waals surface area (Å²) in [4.78, 5) is 29.4. The van der Waals surface area contributed by atoms with Crippen LogP contribution >= 0.6 is 11.6 Å². The van der Waals surface area contributed by atoms with Gasteiger partial charge in [0.05, 0.1) is 11.9 Å². The van der Waals surface area contributed by atoms with Gasteiger partial charge >= 0.3 is 0 Å². The fraction of sp³-hybridized carbons (Fsp3) is 0.355. The Bertz CT molecular complexity index is 1410. The van der Waals surface area contributed by atoms with Crippen LogP contribution in [0.4, 0.5) is 10.1 Å². The maximum atomic E-state index is 14.1. The zero-order valence-electron chi connectivity index (χ0n) is 23.0. The lowest BCUT2D eigenvalue weighted by atomic mass is 9.94. The molecule has 0 aliphatic heterocycles. The summed E-state index contributed by atoms with van der Waals surface area (Å²) in [5.41, 5.74) is 1.75. The standard InChI is InChI=1S/C31H35ClFN3O4S/c1-41(39,40)36(28-18-16-26(33)17-19-28)22-30(37)35(21-24-12-14-25(32)15-13-24)29(20-23-8-4-2-5-9-23)31(38)34-27-10-6-3-7-11-27/h2,4-5,8-9,12-19,27,29H,3,6-7,10-11,20-22H2,1H3,(H,34,38)/t29-/m0/s1. The second-order valence-electron chi connectivity index (χ2n) is 10.4. The van der Waals surface area contributed by atoms with Gasteiger partial charge in [-0.3, -0.25) is 13.9 Å². The molecule has 4 rings (SSSR count). The number of nitrogens with one attached hydrogen (secondary N) is 1. The second kappa shape index (κ2) is 14.0. The SMILES string of the molecule is CS(=O)(=O)N(CC(=O)N(Cc1ccc(Cl)cc1)[C@@H](Cc1ccccc1)C(=O)NC1CCCCC1)c1ccc(F)cc1. The van der Waals surface area contributed by atoms with Crippen LogP contribution in [0.3, 0.4) is 0 Å². The van der Waals surface area contributed by atoms with Crippen molar-refractivity contribution in [3.63, 3.8) is 0 Å². The highest BCUT2D eigenvalue weighted by molar-refractivity contribution is 7.92. The molecule has 2 amide bonds. The molecule has 0 radical (unpaired) electrons. The van der Waals surface area contributed by atoms with E-state index in [1.165, 1.54) is 17.0 Å². The van der Waals surface area contributed by atoms with E-state index in [0.717, 1.165) is 65.9 Å². The number of nitrogens with zero attached hydrogens (tertiary/aromatic N) is 2. The molecule has 3 aromatic carbocycles. The third-order valence-corrected chi connectivity index (χ3v) is 8.68. The van der Waals surface area contributed by atoms with Gasteiger partial charge in [0.15, 0.2) is 0 Å². The lowest BCUT2D eigenvalue weighted by Crippen LogP contribution is -2.55. The van der Waals surface area contributed by atoms with Crippen LogP contribution in [0, 0.1) is 5.82 Å². The van der Waals surface area contributed by atoms with Gasteiger partial charge in [0.2, 0.25) is 21.8 Å². The maximum absolute atomic E-state index is 14.1. The normalized spacial score (nSPS) is 14.7. The fourth-order valence-corrected chi connectivity index (χ4v) is 6.08. The zero-order valence-corrected chi connectivity index (χ0v) is 24.6. The monoisotopic (exact) mass is 599 g/mol. The Balaban J connectivity index is 1.71. The van der Waals surface area contributed by atoms with Crippen LogP contribution in [-0.4, -0.2) is 50.0 Å². The topological polar surface area (TPSA) is 86.8 Å². The van der Waals surface area contributed by atoms with E-state index in [4.69, 9.17) is 11.6 Å². The Labute approximate surface area is 246 Å². The maximum Gasteiger partial charge on any atom is 0.244 e. The number of hydrogen-bond donors (Lipinski definition) is 1. The average molecular weight is 600 g/mol. The van der Waals surface area contributed by atoms with Crippen molar-refractivity contribution in [1.82, 2.24) is 10.2 Å². The molecule has 3 aromatic rings. The lowest BCUT2D eigenvalue weighted by Gasteiger charge is -2.35. The zero-order chi connectivity index (χ0) is 29.4. The summed E-state index contributed by atoms with van der Waals surface area (Å²) in [6, 6.07) is 20.4. The number of benzene rings is 3. The Kier molecular flexibility index (Phi) is 10.4. The fourth-order valence-electron chi connectivity index (χ4n) is 5.11. The van der Waals surface area contributed by atoms with Crippen molar-refractivity contribution >= 4 is 39.1 Å². The molecule has 0 aromatic heterocycles. The minimum atomic E-state index is -3.92. The second-order valence-corrected chi connectivity index (χ2v) is 12.8. The van der Waals surface area contributed by atoms with Gasteiger partial charge in [0.1, 0.15) is 18.4 Å². The summed E-state index contributed by atoms with van der Waals surface area (Å²) in [5.74, 6) is -1.37. The van der Waals surface area contributed by atoms with E-state index in [1.807, 2.05) is 30.3 Å². The predicted octanol–water partition coefficient (Wildman–Crippen LogP) is 5.33. The number of halogens is 2. The van der Waals surface area contributed by atoms with Crippen LogP contribution in [0.2, 0.25) is 5.02 Å². The number of hydrogen-bond acceptors (Lipinski definition) is 4. The Hall–Kier alpha value is -3.43. The third kappa shape index (κ3) is 8.78. The van der Waals surface area contributed by atoms with Crippen LogP contribution in [0.5, 0.6) is 0 Å². The summed E-state index contributed by atoms with van der Waals surface area (Å²) in [6.07, 6.45) is 6.18. The summed E-state index contributed by atoms with van der Waals surface area (Å²) >= 11 is 6.09. The van der Waals surface area contributed by atoms with Crippen LogP contribution in [0.1, 0.15) is 43.2 Å². The van der Waals surface area contributed by atoms with Gasteiger partial charge in [-0.25, -0.2) is 12.8 Å². The van der Waals surface area contributed by atoms with E-state index in [9.17, 15) is 22.4 Å². The highest BCUT2D eigenvalue weighted by Crippen LogP contribution is 2.23. The molecule has 1 fully saturated rings. The molecular weight excluding hydrogens is 565 g/mol. The summed E-state index contributed by atoms with van der Waals surface area (Å²) in [5, 5.41) is 3.69. The van der Waals surface area contributed by atoms with Crippen LogP contribution in [0.25, 0.3) is 0 Å². The van der Waals surface area contributed by atoms with Crippen molar-refractivity contribution in [2.75, 3.05) is 17.1 Å². The van der Waals surface area contributed by atoms with Gasteiger partial charge in [-0.05, 0) is 60.4 Å². The number of sulfonamides is 1. The van der Waals surface area contributed by atoms with E-state index in [1.54, 1.807) is 24.3 Å². The molecule has 10 heteroatoms. The van der Waals surface area contributed by atoms with Crippen molar-refractivity contribution in [2.24, 2.45) is 0 Å². The van der Waals surface area contributed by atoms with Crippen LogP contribution < -0.4 is 9.62 Å². The molecule has 218 valence electrons. The van der Waals surface area contributed by atoms with Crippen molar-refractivity contribution in [3.05, 3.63) is 101 Å². The van der Waals surface area contributed by atoms with Gasteiger partial charge in [0.25, 0.3) is 0 Å². The highest BCUT2D eigenvalue weighted by atomic mass is 35.5. The molecule has 1 saturated carbocycles. The molecule has 41 heavy (non-hydrogen) atoms. The number of anilines is 1. The summed E-state index contributed by atoms with van der Waals surface area (Å²) < 4.78 is 40.1. The van der Waals surface area contributed by atoms with Gasteiger partial charge in [0, 0.05) is 24.0 Å². The molecular formula is C31H35ClFN3O4S. The van der Waals surface area contributed by atoms with E-state index in [2.05, 4.69) is 5.32 Å². The highest BCUT2D eigenvalue weighted by Gasteiger charge is 2.34. The van der Waals surface area contributed by atoms with E-state index in [-0.39, 0.29) is 30.6 Å². The first kappa shape index (κ1) is 30.5. The lowest BCUT2D eigenvalue weighted by molar-refractivity contribution is -0.140. The first-order valence-corrected chi connectivity index (χ1v) is 15.9. The van der Waals surface area contributed by atoms with Crippen molar-refractivity contribution in [2.45, 2.75) is 57.2 Å². The molecule has 1 N–H and O–H groups in total. The molecule has 1 aliphatic carbocycles. The molecule has 1 atom stereocenters. The van der Waals surface area contributed by atoms with Gasteiger partial charge in [-0.1, -0.05) is 73.3 Å². The molecule has 0 saturated heterocycles. The first-order valence-electron chi connectivity index (χ1n) is 13.7. The molecule has 0 bridgehead atoms. The van der Waals surface area contributed by atoms with E-state index >= 15 is 0 Å². The van der Waals surface area contributed by atoms with E-state index < -0.39 is 34.3 Å². The van der Waals surface area contributed by atoms with Gasteiger partial charge in [-0.2, -0.15) is 0 Å². The van der Waals surface area contributed by atoms with E-state index in [0.29, 0.717) is 5.02 Å². The third-order valence-electron chi connectivity index (χ3n) is 7.28. The number of carbonyl (C=O) groups excluding carboxylic acids is 2. The largest absolute Gasteiger partial charge is 0.352 e. The summed E-state index contributed by atoms with van der Waals surface area (Å²) in [7, 11) is -3.92. The Morgan fingerprint density at radius 1 is 0.927 bits per heavy atom.